The molecule has 41 heavy (non-hydrogen) atoms. The van der Waals surface area contributed by atoms with Crippen LogP contribution in [0.4, 0.5) is 5.69 Å². The van der Waals surface area contributed by atoms with Gasteiger partial charge in [-0.25, -0.2) is 0 Å². The number of benzene rings is 2. The second-order valence-corrected chi connectivity index (χ2v) is 12.3. The molecule has 6 rings (SSSR count). The topological polar surface area (TPSA) is 199 Å². The highest BCUT2D eigenvalue weighted by Gasteiger charge is 2.62. The highest BCUT2D eigenvalue weighted by molar-refractivity contribution is 6.25. The molecule has 0 bridgehead atoms. The van der Waals surface area contributed by atoms with E-state index in [-0.39, 0.29) is 35.3 Å². The summed E-state index contributed by atoms with van der Waals surface area (Å²) in [6.07, 6.45) is 2.34. The lowest BCUT2D eigenvalue weighted by molar-refractivity contribution is -0.145. The van der Waals surface area contributed by atoms with Crippen LogP contribution in [0.25, 0.3) is 10.8 Å². The van der Waals surface area contributed by atoms with E-state index in [1.54, 1.807) is 0 Å². The van der Waals surface area contributed by atoms with Crippen molar-refractivity contribution in [2.45, 2.75) is 56.3 Å². The Morgan fingerprint density at radius 3 is 2.44 bits per heavy atom. The maximum atomic E-state index is 14.1. The predicted molar refractivity (Wildman–Crippen MR) is 150 cm³/mol. The zero-order chi connectivity index (χ0) is 29.8. The fourth-order valence-electron chi connectivity index (χ4n) is 6.91. The van der Waals surface area contributed by atoms with E-state index in [0.29, 0.717) is 17.5 Å². The number of Topliss-reactive ketones (excluding diaryl/α,β-unsaturated/α-hetero) is 2. The molecule has 0 spiro atoms. The number of nitrogens with zero attached hydrogens (tertiary/aromatic N) is 1. The molecule has 4 aliphatic rings. The summed E-state index contributed by atoms with van der Waals surface area (Å²) in [6.45, 7) is 2.74. The molecule has 11 nitrogen and oxygen atoms in total. The molecule has 0 radical (unpaired) electrons. The molecule has 4 aliphatic carbocycles. The van der Waals surface area contributed by atoms with Crippen molar-refractivity contribution in [3.8, 4) is 5.75 Å². The van der Waals surface area contributed by atoms with Crippen molar-refractivity contribution in [1.82, 2.24) is 5.32 Å². The SMILES string of the molecule is CN(C)c1c2c(c(O)c3cc(CNC4(C)CC4)ccc13)C(=O)C1=C(O)[C@]3(O)C(=O)C(C(N)=O)=C(O)[C@@H](N)[C@@H]3C[C@@H]1C2. The molecular weight excluding hydrogens is 528 g/mol. The quantitative estimate of drug-likeness (QED) is 0.261. The second kappa shape index (κ2) is 8.78. The Hall–Kier alpha value is -3.93. The Morgan fingerprint density at radius 1 is 1.15 bits per heavy atom. The van der Waals surface area contributed by atoms with Gasteiger partial charge < -0.3 is 42.1 Å². The summed E-state index contributed by atoms with van der Waals surface area (Å²) < 4.78 is 0. The number of ketones is 2. The number of aliphatic hydroxyl groups excluding tert-OH is 2. The number of carbonyl (C=O) groups is 3. The number of hydrogen-bond acceptors (Lipinski definition) is 10. The number of phenols is 1. The molecular formula is C30H34N4O7. The fourth-order valence-corrected chi connectivity index (χ4v) is 6.91. The number of aromatic hydroxyl groups is 1. The zero-order valence-electron chi connectivity index (χ0n) is 23.1. The van der Waals surface area contributed by atoms with Crippen molar-refractivity contribution in [2.75, 3.05) is 19.0 Å². The third-order valence-corrected chi connectivity index (χ3v) is 9.43. The molecule has 0 aromatic heterocycles. The average Bonchev–Trinajstić information content (AvgIpc) is 3.65. The van der Waals surface area contributed by atoms with Crippen LogP contribution < -0.4 is 21.7 Å². The Morgan fingerprint density at radius 2 is 1.83 bits per heavy atom. The summed E-state index contributed by atoms with van der Waals surface area (Å²) in [6, 6.07) is 4.36. The van der Waals surface area contributed by atoms with Crippen LogP contribution in [0.15, 0.2) is 40.9 Å². The number of nitrogens with one attached hydrogen (secondary N) is 1. The molecule has 0 saturated heterocycles. The van der Waals surface area contributed by atoms with Gasteiger partial charge in [-0.15, -0.1) is 0 Å². The van der Waals surface area contributed by atoms with Gasteiger partial charge in [0.2, 0.25) is 5.78 Å². The number of phenolic OH excluding ortho intramolecular Hbond substituents is 1. The van der Waals surface area contributed by atoms with Gasteiger partial charge in [-0.05, 0) is 55.7 Å². The molecule has 1 saturated carbocycles. The number of allylic oxidation sites excluding steroid dienone is 1. The zero-order valence-corrected chi connectivity index (χ0v) is 23.1. The predicted octanol–water partition coefficient (Wildman–Crippen LogP) is 1.38. The number of hydrogen-bond donors (Lipinski definition) is 7. The second-order valence-electron chi connectivity index (χ2n) is 12.3. The van der Waals surface area contributed by atoms with E-state index >= 15 is 0 Å². The van der Waals surface area contributed by atoms with Gasteiger partial charge in [-0.2, -0.15) is 0 Å². The van der Waals surface area contributed by atoms with Gasteiger partial charge in [-0.3, -0.25) is 14.4 Å². The van der Waals surface area contributed by atoms with E-state index in [1.807, 2.05) is 37.2 Å². The van der Waals surface area contributed by atoms with Crippen molar-refractivity contribution in [1.29, 1.82) is 0 Å². The first-order valence-corrected chi connectivity index (χ1v) is 13.7. The lowest BCUT2D eigenvalue weighted by Gasteiger charge is -2.48. The number of nitrogens with two attached hydrogens (primary N) is 2. The molecule has 2 aromatic rings. The molecule has 11 heteroatoms. The summed E-state index contributed by atoms with van der Waals surface area (Å²) in [5.74, 6) is -7.18. The molecule has 0 heterocycles. The van der Waals surface area contributed by atoms with E-state index in [9.17, 15) is 34.8 Å². The minimum Gasteiger partial charge on any atom is -0.510 e. The van der Waals surface area contributed by atoms with Crippen molar-refractivity contribution in [3.05, 3.63) is 57.6 Å². The molecule has 216 valence electrons. The molecule has 4 atom stereocenters. The first kappa shape index (κ1) is 27.3. The van der Waals surface area contributed by atoms with Crippen LogP contribution >= 0.6 is 0 Å². The molecule has 0 aliphatic heterocycles. The van der Waals surface area contributed by atoms with E-state index in [4.69, 9.17) is 11.5 Å². The van der Waals surface area contributed by atoms with E-state index in [1.165, 1.54) is 0 Å². The summed E-state index contributed by atoms with van der Waals surface area (Å²) in [7, 11) is 3.68. The van der Waals surface area contributed by atoms with Crippen LogP contribution in [0.2, 0.25) is 0 Å². The standard InChI is InChI=1S/C30H34N4O7/c1-29(6-7-29)33-11-12-4-5-14-15(8-12)23(35)19-16(22(14)34(2)3)9-13-10-17-21(31)25(37)20(28(32)40)27(39)30(17,41)26(38)18(13)24(19)36/h4-5,8,13,17,21,33,35,37-38,41H,6-7,9-11,31H2,1-3H3,(H2,32,40)/t13-,17-,21-,30-/m0/s1. The fraction of sp³-hybridized carbons (Fsp3) is 0.433. The summed E-state index contributed by atoms with van der Waals surface area (Å²) >= 11 is 0. The first-order chi connectivity index (χ1) is 19.2. The molecule has 9 N–H and O–H groups in total. The summed E-state index contributed by atoms with van der Waals surface area (Å²) in [5.41, 5.74) is 9.92. The summed E-state index contributed by atoms with van der Waals surface area (Å²) in [4.78, 5) is 41.2. The number of rotatable bonds is 5. The minimum absolute atomic E-state index is 0.0126. The van der Waals surface area contributed by atoms with Gasteiger partial charge in [0.1, 0.15) is 22.8 Å². The Bertz CT molecular complexity index is 1640. The third-order valence-electron chi connectivity index (χ3n) is 9.43. The van der Waals surface area contributed by atoms with Gasteiger partial charge in [0.25, 0.3) is 5.91 Å². The van der Waals surface area contributed by atoms with Crippen molar-refractivity contribution in [3.63, 3.8) is 0 Å². The lowest BCUT2D eigenvalue weighted by Crippen LogP contribution is -2.63. The van der Waals surface area contributed by atoms with Crippen molar-refractivity contribution in [2.24, 2.45) is 23.3 Å². The van der Waals surface area contributed by atoms with Gasteiger partial charge in [0.15, 0.2) is 11.4 Å². The Kier molecular flexibility index (Phi) is 5.84. The molecule has 1 amide bonds. The number of fused-ring (bicyclic) bond motifs is 4. The number of amides is 1. The highest BCUT2D eigenvalue weighted by atomic mass is 16.3. The smallest absolute Gasteiger partial charge is 0.255 e. The van der Waals surface area contributed by atoms with Crippen molar-refractivity contribution >= 4 is 33.9 Å². The van der Waals surface area contributed by atoms with Crippen LogP contribution in [0.3, 0.4) is 0 Å². The van der Waals surface area contributed by atoms with Gasteiger partial charge in [0.05, 0.1) is 11.6 Å². The van der Waals surface area contributed by atoms with Crippen LogP contribution in [0, 0.1) is 11.8 Å². The van der Waals surface area contributed by atoms with E-state index in [2.05, 4.69) is 12.2 Å². The normalized spacial score (nSPS) is 28.4. The monoisotopic (exact) mass is 562 g/mol. The Labute approximate surface area is 236 Å². The average molecular weight is 563 g/mol. The number of carbonyl (C=O) groups excluding carboxylic acids is 3. The maximum Gasteiger partial charge on any atom is 0.255 e. The molecule has 2 aromatic carbocycles. The van der Waals surface area contributed by atoms with Gasteiger partial charge in [-0.1, -0.05) is 12.1 Å². The maximum absolute atomic E-state index is 14.1. The number of aliphatic hydroxyl groups is 3. The largest absolute Gasteiger partial charge is 0.510 e. The van der Waals surface area contributed by atoms with Crippen molar-refractivity contribution < 1.29 is 34.8 Å². The van der Waals surface area contributed by atoms with Crippen LogP contribution in [-0.2, 0) is 22.6 Å². The minimum atomic E-state index is -2.73. The van der Waals surface area contributed by atoms with Crippen LogP contribution in [0.1, 0.15) is 47.7 Å². The van der Waals surface area contributed by atoms with Gasteiger partial charge in [0, 0.05) is 54.1 Å². The first-order valence-electron chi connectivity index (χ1n) is 13.7. The Balaban J connectivity index is 1.53. The lowest BCUT2D eigenvalue weighted by atomic mass is 9.59. The van der Waals surface area contributed by atoms with Crippen LogP contribution in [-0.4, -0.2) is 69.2 Å². The number of anilines is 1. The van der Waals surface area contributed by atoms with Gasteiger partial charge >= 0.3 is 0 Å². The van der Waals surface area contributed by atoms with E-state index in [0.717, 1.165) is 29.5 Å². The third kappa shape index (κ3) is 3.72. The van der Waals surface area contributed by atoms with E-state index < -0.39 is 58.0 Å². The molecule has 0 unspecified atom stereocenters. The van der Waals surface area contributed by atoms with Crippen LogP contribution in [0.5, 0.6) is 5.75 Å². The highest BCUT2D eigenvalue weighted by Crippen LogP contribution is 2.53. The number of primary amides is 1. The molecule has 1 fully saturated rings. The summed E-state index contributed by atoms with van der Waals surface area (Å²) in [5, 5.41) is 49.7.